The van der Waals surface area contributed by atoms with Crippen molar-refractivity contribution in [1.29, 1.82) is 0 Å². The number of aliphatic hydroxyl groups excluding tert-OH is 1. The number of amides is 1. The van der Waals surface area contributed by atoms with E-state index >= 15 is 0 Å². The minimum absolute atomic E-state index is 0.00652. The Kier molecular flexibility index (Phi) is 6.52. The Morgan fingerprint density at radius 1 is 1.45 bits per heavy atom. The number of benzene rings is 1. The molecule has 112 valence electrons. The van der Waals surface area contributed by atoms with Crippen molar-refractivity contribution in [3.8, 4) is 0 Å². The molecule has 0 fully saturated rings. The number of carbonyl (C=O) groups excluding carboxylic acids is 1. The van der Waals surface area contributed by atoms with E-state index in [2.05, 4.69) is 12.2 Å². The summed E-state index contributed by atoms with van der Waals surface area (Å²) in [6.45, 7) is 7.21. The van der Waals surface area contributed by atoms with E-state index in [1.165, 1.54) is 0 Å². The first-order valence-electron chi connectivity index (χ1n) is 7.23. The number of nitrogens with one attached hydrogen (secondary N) is 1. The molecule has 0 aromatic heterocycles. The number of nitrogens with zero attached hydrogens (tertiary/aromatic N) is 1. The summed E-state index contributed by atoms with van der Waals surface area (Å²) in [5.74, 6) is -0.00652. The standard InChI is InChI=1S/C16H26N2O2/c1-5-9-17-15-7-6-12(2)11-14(15)16(20)18(4)10-8-13(3)19/h6-7,11,13,17,19H,5,8-10H2,1-4H3. The van der Waals surface area contributed by atoms with Crippen molar-refractivity contribution in [3.63, 3.8) is 0 Å². The van der Waals surface area contributed by atoms with Gasteiger partial charge in [0.25, 0.3) is 5.91 Å². The van der Waals surface area contributed by atoms with Gasteiger partial charge in [-0.3, -0.25) is 4.79 Å². The number of anilines is 1. The van der Waals surface area contributed by atoms with E-state index in [-0.39, 0.29) is 12.0 Å². The third-order valence-corrected chi connectivity index (χ3v) is 3.20. The van der Waals surface area contributed by atoms with E-state index in [9.17, 15) is 9.90 Å². The van der Waals surface area contributed by atoms with E-state index in [1.54, 1.807) is 18.9 Å². The molecular formula is C16H26N2O2. The maximum absolute atomic E-state index is 12.5. The Morgan fingerprint density at radius 3 is 2.75 bits per heavy atom. The highest BCUT2D eigenvalue weighted by Crippen LogP contribution is 2.19. The molecule has 0 saturated heterocycles. The number of hydrogen-bond donors (Lipinski definition) is 2. The molecule has 0 aliphatic carbocycles. The minimum Gasteiger partial charge on any atom is -0.393 e. The molecule has 0 aliphatic heterocycles. The molecule has 4 nitrogen and oxygen atoms in total. The molecular weight excluding hydrogens is 252 g/mol. The SMILES string of the molecule is CCCNc1ccc(C)cc1C(=O)N(C)CCC(C)O. The molecule has 1 rings (SSSR count). The molecule has 2 N–H and O–H groups in total. The molecule has 0 aliphatic rings. The van der Waals surface area contributed by atoms with Crippen LogP contribution in [0.1, 0.15) is 42.6 Å². The predicted molar refractivity (Wildman–Crippen MR) is 83.2 cm³/mol. The number of rotatable bonds is 7. The first kappa shape index (κ1) is 16.5. The van der Waals surface area contributed by atoms with Gasteiger partial charge in [-0.1, -0.05) is 18.6 Å². The monoisotopic (exact) mass is 278 g/mol. The molecule has 1 aromatic carbocycles. The van der Waals surface area contributed by atoms with Gasteiger partial charge in [-0.15, -0.1) is 0 Å². The molecule has 4 heteroatoms. The Hall–Kier alpha value is -1.55. The summed E-state index contributed by atoms with van der Waals surface area (Å²) in [5, 5.41) is 12.6. The Balaban J connectivity index is 2.86. The fourth-order valence-corrected chi connectivity index (χ4v) is 1.94. The van der Waals surface area contributed by atoms with Gasteiger partial charge in [0.05, 0.1) is 11.7 Å². The first-order chi connectivity index (χ1) is 9.45. The highest BCUT2D eigenvalue weighted by Gasteiger charge is 2.16. The Bertz CT molecular complexity index is 444. The highest BCUT2D eigenvalue weighted by atomic mass is 16.3. The van der Waals surface area contributed by atoms with E-state index in [1.807, 2.05) is 25.1 Å². The van der Waals surface area contributed by atoms with Crippen LogP contribution in [0.2, 0.25) is 0 Å². The van der Waals surface area contributed by atoms with Crippen molar-refractivity contribution in [2.75, 3.05) is 25.5 Å². The molecule has 0 radical (unpaired) electrons. The van der Waals surface area contributed by atoms with Crippen LogP contribution in [0.5, 0.6) is 0 Å². The zero-order chi connectivity index (χ0) is 15.1. The molecule has 1 aromatic rings. The van der Waals surface area contributed by atoms with E-state index < -0.39 is 0 Å². The lowest BCUT2D eigenvalue weighted by Gasteiger charge is -2.20. The molecule has 1 unspecified atom stereocenters. The van der Waals surface area contributed by atoms with Crippen LogP contribution < -0.4 is 5.32 Å². The number of aliphatic hydroxyl groups is 1. The topological polar surface area (TPSA) is 52.6 Å². The van der Waals surface area contributed by atoms with Crippen molar-refractivity contribution in [2.24, 2.45) is 0 Å². The van der Waals surface area contributed by atoms with Crippen molar-refractivity contribution < 1.29 is 9.90 Å². The van der Waals surface area contributed by atoms with Crippen LogP contribution in [-0.4, -0.2) is 42.2 Å². The maximum atomic E-state index is 12.5. The smallest absolute Gasteiger partial charge is 0.255 e. The summed E-state index contributed by atoms with van der Waals surface area (Å²) in [4.78, 5) is 14.2. The van der Waals surface area contributed by atoms with E-state index in [4.69, 9.17) is 0 Å². The van der Waals surface area contributed by atoms with E-state index in [0.717, 1.165) is 24.2 Å². The second-order valence-electron chi connectivity index (χ2n) is 5.34. The lowest BCUT2D eigenvalue weighted by molar-refractivity contribution is 0.0770. The third-order valence-electron chi connectivity index (χ3n) is 3.20. The molecule has 0 spiro atoms. The van der Waals surface area contributed by atoms with E-state index in [0.29, 0.717) is 18.5 Å². The number of hydrogen-bond acceptors (Lipinski definition) is 3. The molecule has 1 atom stereocenters. The summed E-state index contributed by atoms with van der Waals surface area (Å²) >= 11 is 0. The largest absolute Gasteiger partial charge is 0.393 e. The summed E-state index contributed by atoms with van der Waals surface area (Å²) < 4.78 is 0. The third kappa shape index (κ3) is 4.85. The van der Waals surface area contributed by atoms with Gasteiger partial charge in [-0.2, -0.15) is 0 Å². The molecule has 0 saturated carbocycles. The highest BCUT2D eigenvalue weighted by molar-refractivity contribution is 5.99. The minimum atomic E-state index is -0.388. The van der Waals surface area contributed by atoms with Gasteiger partial charge < -0.3 is 15.3 Å². The predicted octanol–water partition coefficient (Wildman–Crippen LogP) is 2.66. The Labute approximate surface area is 121 Å². The summed E-state index contributed by atoms with van der Waals surface area (Å²) in [6, 6.07) is 5.88. The van der Waals surface area contributed by atoms with Gasteiger partial charge in [0.1, 0.15) is 0 Å². The summed E-state index contributed by atoms with van der Waals surface area (Å²) in [7, 11) is 1.77. The second kappa shape index (κ2) is 7.90. The van der Waals surface area contributed by atoms with Crippen LogP contribution in [0.15, 0.2) is 18.2 Å². The fourth-order valence-electron chi connectivity index (χ4n) is 1.94. The quantitative estimate of drug-likeness (QED) is 0.806. The number of aryl methyl sites for hydroxylation is 1. The van der Waals surface area contributed by atoms with Crippen molar-refractivity contribution in [3.05, 3.63) is 29.3 Å². The zero-order valence-corrected chi connectivity index (χ0v) is 12.9. The van der Waals surface area contributed by atoms with Crippen LogP contribution >= 0.6 is 0 Å². The van der Waals surface area contributed by atoms with Crippen LogP contribution in [0.4, 0.5) is 5.69 Å². The van der Waals surface area contributed by atoms with Gasteiger partial charge in [-0.05, 0) is 38.8 Å². The normalized spacial score (nSPS) is 12.1. The van der Waals surface area contributed by atoms with Crippen LogP contribution in [0, 0.1) is 6.92 Å². The lowest BCUT2D eigenvalue weighted by Crippen LogP contribution is -2.30. The molecule has 1 amide bonds. The molecule has 20 heavy (non-hydrogen) atoms. The van der Waals surface area contributed by atoms with Crippen molar-refractivity contribution >= 4 is 11.6 Å². The van der Waals surface area contributed by atoms with Crippen LogP contribution in [-0.2, 0) is 0 Å². The van der Waals surface area contributed by atoms with Gasteiger partial charge in [0.15, 0.2) is 0 Å². The average Bonchev–Trinajstić information content (AvgIpc) is 2.42. The second-order valence-corrected chi connectivity index (χ2v) is 5.34. The van der Waals surface area contributed by atoms with Crippen LogP contribution in [0.25, 0.3) is 0 Å². The first-order valence-corrected chi connectivity index (χ1v) is 7.23. The van der Waals surface area contributed by atoms with Gasteiger partial charge in [-0.25, -0.2) is 0 Å². The van der Waals surface area contributed by atoms with Gasteiger partial charge in [0, 0.05) is 25.8 Å². The lowest BCUT2D eigenvalue weighted by atomic mass is 10.1. The average molecular weight is 278 g/mol. The van der Waals surface area contributed by atoms with Gasteiger partial charge in [0.2, 0.25) is 0 Å². The van der Waals surface area contributed by atoms with Crippen LogP contribution in [0.3, 0.4) is 0 Å². The maximum Gasteiger partial charge on any atom is 0.255 e. The fraction of sp³-hybridized carbons (Fsp3) is 0.562. The zero-order valence-electron chi connectivity index (χ0n) is 12.9. The molecule has 0 bridgehead atoms. The Morgan fingerprint density at radius 2 is 2.15 bits per heavy atom. The summed E-state index contributed by atoms with van der Waals surface area (Å²) in [5.41, 5.74) is 2.65. The van der Waals surface area contributed by atoms with Gasteiger partial charge >= 0.3 is 0 Å². The number of carbonyl (C=O) groups is 1. The van der Waals surface area contributed by atoms with Crippen molar-refractivity contribution in [1.82, 2.24) is 4.90 Å². The molecule has 0 heterocycles. The summed E-state index contributed by atoms with van der Waals surface area (Å²) in [6.07, 6.45) is 1.21. The van der Waals surface area contributed by atoms with Crippen molar-refractivity contribution in [2.45, 2.75) is 39.7 Å².